The molecule has 2 aromatic rings. The molecule has 0 atom stereocenters. The van der Waals surface area contributed by atoms with Gasteiger partial charge >= 0.3 is 6.18 Å². The summed E-state index contributed by atoms with van der Waals surface area (Å²) in [5.74, 6) is 0. The molecule has 2 aliphatic rings. The van der Waals surface area contributed by atoms with Crippen LogP contribution >= 0.6 is 11.9 Å². The number of pyridine rings is 1. The molecule has 4 rings (SSSR count). The van der Waals surface area contributed by atoms with Gasteiger partial charge in [0.15, 0.2) is 0 Å². The predicted molar refractivity (Wildman–Crippen MR) is 89.9 cm³/mol. The highest BCUT2D eigenvalue weighted by atomic mass is 32.2. The van der Waals surface area contributed by atoms with Crippen LogP contribution in [-0.4, -0.2) is 45.4 Å². The van der Waals surface area contributed by atoms with Gasteiger partial charge in [0.1, 0.15) is 5.69 Å². The van der Waals surface area contributed by atoms with Crippen molar-refractivity contribution in [1.29, 1.82) is 0 Å². The quantitative estimate of drug-likeness (QED) is 0.837. The van der Waals surface area contributed by atoms with Crippen molar-refractivity contribution in [1.82, 2.24) is 19.2 Å². The molecule has 2 saturated heterocycles. The van der Waals surface area contributed by atoms with E-state index in [4.69, 9.17) is 0 Å². The molecular weight excluding hydrogens is 349 g/mol. The van der Waals surface area contributed by atoms with E-state index in [1.54, 1.807) is 6.92 Å². The zero-order valence-corrected chi connectivity index (χ0v) is 14.6. The van der Waals surface area contributed by atoms with E-state index in [0.29, 0.717) is 11.1 Å². The minimum atomic E-state index is -4.39. The van der Waals surface area contributed by atoms with Gasteiger partial charge in [0.25, 0.3) is 0 Å². The number of nitrogens with zero attached hydrogens (tertiary/aromatic N) is 3. The van der Waals surface area contributed by atoms with Crippen molar-refractivity contribution >= 4 is 11.9 Å². The number of hydrogen-bond acceptors (Lipinski definition) is 4. The maximum absolute atomic E-state index is 12.7. The molecule has 2 aromatic heterocycles. The molecular formula is C17H19F3N4S. The summed E-state index contributed by atoms with van der Waals surface area (Å²) in [5.41, 5.74) is 1.26. The van der Waals surface area contributed by atoms with Crippen molar-refractivity contribution < 1.29 is 13.2 Å². The number of likely N-dealkylation sites (tertiary alicyclic amines) is 1. The first-order valence-electron chi connectivity index (χ1n) is 8.15. The summed E-state index contributed by atoms with van der Waals surface area (Å²) in [4.78, 5) is 9.99. The number of aromatic amines is 1. The van der Waals surface area contributed by atoms with Gasteiger partial charge in [-0.1, -0.05) is 0 Å². The molecule has 0 bridgehead atoms. The Morgan fingerprint density at radius 2 is 1.96 bits per heavy atom. The lowest BCUT2D eigenvalue weighted by atomic mass is 9.74. The fraction of sp³-hybridized carbons (Fsp3) is 0.471. The number of H-pyrrole nitrogens is 1. The van der Waals surface area contributed by atoms with Crippen LogP contribution in [0.2, 0.25) is 0 Å². The highest BCUT2D eigenvalue weighted by Crippen LogP contribution is 2.45. The summed E-state index contributed by atoms with van der Waals surface area (Å²) in [7, 11) is 0. The number of rotatable bonds is 4. The van der Waals surface area contributed by atoms with Crippen LogP contribution in [0, 0.1) is 12.3 Å². The van der Waals surface area contributed by atoms with Gasteiger partial charge in [-0.2, -0.15) is 13.2 Å². The number of alkyl halides is 3. The van der Waals surface area contributed by atoms with Crippen molar-refractivity contribution in [3.63, 3.8) is 0 Å². The summed E-state index contributed by atoms with van der Waals surface area (Å²) in [5, 5.41) is 0. The van der Waals surface area contributed by atoms with Crippen LogP contribution in [0.15, 0.2) is 35.5 Å². The third-order valence-electron chi connectivity index (χ3n) is 4.77. The van der Waals surface area contributed by atoms with Gasteiger partial charge in [-0.25, -0.2) is 9.29 Å². The average Bonchev–Trinajstić information content (AvgIpc) is 2.96. The monoisotopic (exact) mass is 368 g/mol. The Labute approximate surface area is 148 Å². The third kappa shape index (κ3) is 3.43. The summed E-state index contributed by atoms with van der Waals surface area (Å²) < 4.78 is 40.3. The van der Waals surface area contributed by atoms with Crippen LogP contribution in [0.3, 0.4) is 0 Å². The van der Waals surface area contributed by atoms with Crippen LogP contribution in [0.1, 0.15) is 17.0 Å². The van der Waals surface area contributed by atoms with E-state index in [9.17, 15) is 13.2 Å². The first-order valence-corrected chi connectivity index (χ1v) is 8.92. The fourth-order valence-electron chi connectivity index (χ4n) is 3.64. The van der Waals surface area contributed by atoms with Gasteiger partial charge in [0.2, 0.25) is 0 Å². The highest BCUT2D eigenvalue weighted by Gasteiger charge is 2.51. The molecule has 0 radical (unpaired) electrons. The van der Waals surface area contributed by atoms with Crippen molar-refractivity contribution in [3.8, 4) is 0 Å². The predicted octanol–water partition coefficient (Wildman–Crippen LogP) is 3.56. The van der Waals surface area contributed by atoms with Crippen LogP contribution in [-0.2, 0) is 12.7 Å². The Hall–Kier alpha value is -1.51. The van der Waals surface area contributed by atoms with Crippen LogP contribution in [0.4, 0.5) is 13.2 Å². The molecule has 1 spiro atoms. The largest absolute Gasteiger partial charge is 0.433 e. The van der Waals surface area contributed by atoms with Gasteiger partial charge in [0, 0.05) is 55.4 Å². The molecule has 2 fully saturated rings. The maximum atomic E-state index is 12.7. The molecule has 0 amide bonds. The van der Waals surface area contributed by atoms with Crippen LogP contribution in [0.25, 0.3) is 0 Å². The van der Waals surface area contributed by atoms with E-state index in [-0.39, 0.29) is 0 Å². The zero-order valence-electron chi connectivity index (χ0n) is 13.8. The first-order chi connectivity index (χ1) is 11.8. The fourth-order valence-corrected chi connectivity index (χ4v) is 4.90. The number of aryl methyl sites for hydroxylation is 1. The van der Waals surface area contributed by atoms with Crippen molar-refractivity contribution in [2.75, 3.05) is 26.2 Å². The SMILES string of the molecule is Cc1nc(C(F)(F)F)ccc1SN1CC2(CN(Cc3cc[nH]c3)C2)C1. The lowest BCUT2D eigenvalue weighted by Gasteiger charge is -2.60. The zero-order chi connectivity index (χ0) is 17.7. The van der Waals surface area contributed by atoms with Crippen LogP contribution in [0.5, 0.6) is 0 Å². The minimum Gasteiger partial charge on any atom is -0.367 e. The van der Waals surface area contributed by atoms with E-state index in [1.807, 2.05) is 12.4 Å². The van der Waals surface area contributed by atoms with Crippen molar-refractivity contribution in [2.24, 2.45) is 5.41 Å². The molecule has 4 heterocycles. The summed E-state index contributed by atoms with van der Waals surface area (Å²) in [6.45, 7) is 6.72. The lowest BCUT2D eigenvalue weighted by molar-refractivity contribution is -0.141. The Morgan fingerprint density at radius 3 is 2.56 bits per heavy atom. The van der Waals surface area contributed by atoms with Gasteiger partial charge in [-0.15, -0.1) is 0 Å². The molecule has 2 aliphatic heterocycles. The first kappa shape index (κ1) is 16.9. The number of hydrogen-bond donors (Lipinski definition) is 1. The van der Waals surface area contributed by atoms with E-state index in [0.717, 1.165) is 43.7 Å². The van der Waals surface area contributed by atoms with Crippen molar-refractivity contribution in [3.05, 3.63) is 47.5 Å². The Kier molecular flexibility index (Phi) is 4.09. The molecule has 134 valence electrons. The van der Waals surface area contributed by atoms with E-state index >= 15 is 0 Å². The molecule has 25 heavy (non-hydrogen) atoms. The molecule has 0 saturated carbocycles. The second-order valence-electron chi connectivity index (χ2n) is 7.03. The third-order valence-corrected chi connectivity index (χ3v) is 5.91. The van der Waals surface area contributed by atoms with E-state index < -0.39 is 11.9 Å². The molecule has 8 heteroatoms. The smallest absolute Gasteiger partial charge is 0.367 e. The second kappa shape index (κ2) is 6.03. The van der Waals surface area contributed by atoms with Crippen LogP contribution < -0.4 is 0 Å². The standard InChI is InChI=1S/C17H19F3N4S/c1-12-14(2-3-15(22-12)17(18,19)20)25-24-10-16(11-24)8-23(9-16)7-13-4-5-21-6-13/h2-6,21H,7-11H2,1H3. The summed E-state index contributed by atoms with van der Waals surface area (Å²) >= 11 is 1.51. The van der Waals surface area contributed by atoms with Crippen molar-refractivity contribution in [2.45, 2.75) is 24.5 Å². The Balaban J connectivity index is 1.28. The normalized spacial score (nSPS) is 20.5. The van der Waals surface area contributed by atoms with Gasteiger partial charge in [0.05, 0.1) is 5.69 Å². The number of halogens is 3. The topological polar surface area (TPSA) is 35.2 Å². The molecule has 0 unspecified atom stereocenters. The maximum Gasteiger partial charge on any atom is 0.433 e. The number of aromatic nitrogens is 2. The molecule has 4 nitrogen and oxygen atoms in total. The van der Waals surface area contributed by atoms with E-state index in [1.165, 1.54) is 23.6 Å². The molecule has 1 N–H and O–H groups in total. The number of nitrogens with one attached hydrogen (secondary N) is 1. The van der Waals surface area contributed by atoms with Gasteiger partial charge in [-0.3, -0.25) is 4.90 Å². The average molecular weight is 368 g/mol. The lowest BCUT2D eigenvalue weighted by Crippen LogP contribution is -2.70. The minimum absolute atomic E-state index is 0.358. The molecule has 0 aliphatic carbocycles. The Morgan fingerprint density at radius 1 is 1.20 bits per heavy atom. The Bertz CT molecular complexity index is 746. The van der Waals surface area contributed by atoms with Gasteiger partial charge < -0.3 is 4.98 Å². The summed E-state index contributed by atoms with van der Waals surface area (Å²) in [6, 6.07) is 4.68. The second-order valence-corrected chi connectivity index (χ2v) is 8.17. The van der Waals surface area contributed by atoms with Gasteiger partial charge in [-0.05, 0) is 42.6 Å². The molecule has 0 aromatic carbocycles. The highest BCUT2D eigenvalue weighted by molar-refractivity contribution is 7.97. The summed E-state index contributed by atoms with van der Waals surface area (Å²) in [6.07, 6.45) is -0.426. The van der Waals surface area contributed by atoms with E-state index in [2.05, 4.69) is 25.2 Å².